The van der Waals surface area contributed by atoms with Gasteiger partial charge in [-0.25, -0.2) is 0 Å². The van der Waals surface area contributed by atoms with Crippen LogP contribution in [-0.2, 0) is 9.53 Å². The van der Waals surface area contributed by atoms with Gasteiger partial charge in [-0.1, -0.05) is 11.4 Å². The number of nitrogens with zero attached hydrogens (tertiary/aromatic N) is 2. The largest absolute Gasteiger partial charge is 0.372 e. The van der Waals surface area contributed by atoms with Crippen LogP contribution in [0.4, 0.5) is 5.82 Å². The van der Waals surface area contributed by atoms with Crippen LogP contribution in [0.25, 0.3) is 0 Å². The van der Waals surface area contributed by atoms with Crippen molar-refractivity contribution < 1.29 is 9.53 Å². The molecule has 0 aliphatic carbocycles. The fourth-order valence-corrected chi connectivity index (χ4v) is 1.27. The predicted octanol–water partition coefficient (Wildman–Crippen LogP) is 0.902. The fraction of sp³-hybridized carbons (Fsp3) is 0.571. The molecule has 5 nitrogen and oxygen atoms in total. The van der Waals surface area contributed by atoms with Crippen LogP contribution in [0.5, 0.6) is 0 Å². The Hall–Kier alpha value is -1.01. The summed E-state index contributed by atoms with van der Waals surface area (Å²) >= 11 is 1.19. The summed E-state index contributed by atoms with van der Waals surface area (Å²) in [5.41, 5.74) is 0. The van der Waals surface area contributed by atoms with Gasteiger partial charge >= 0.3 is 0 Å². The summed E-state index contributed by atoms with van der Waals surface area (Å²) in [5.74, 6) is 0.295. The maximum Gasteiger partial charge on any atom is 0.254 e. The number of methoxy groups -OCH3 is 1. The normalized spacial score (nSPS) is 12.5. The number of rotatable bonds is 4. The highest BCUT2D eigenvalue weighted by Crippen LogP contribution is 2.06. The zero-order valence-corrected chi connectivity index (χ0v) is 8.30. The van der Waals surface area contributed by atoms with E-state index >= 15 is 0 Å². The number of nitrogens with one attached hydrogen (secondary N) is 1. The van der Waals surface area contributed by atoms with Gasteiger partial charge in [0.05, 0.1) is 5.38 Å². The summed E-state index contributed by atoms with van der Waals surface area (Å²) in [6, 6.07) is 0. The average Bonchev–Trinajstić information content (AvgIpc) is 2.59. The number of aromatic nitrogens is 2. The van der Waals surface area contributed by atoms with E-state index < -0.39 is 6.10 Å². The Morgan fingerprint density at radius 1 is 1.85 bits per heavy atom. The number of ether oxygens (including phenoxy) is 1. The summed E-state index contributed by atoms with van der Waals surface area (Å²) in [5, 5.41) is 7.95. The molecular formula is C7H11N3O2S. The number of hydrogen-bond donors (Lipinski definition) is 1. The first-order chi connectivity index (χ1) is 6.27. The van der Waals surface area contributed by atoms with E-state index in [1.165, 1.54) is 18.6 Å². The van der Waals surface area contributed by atoms with Gasteiger partial charge in [-0.2, -0.15) is 0 Å². The first-order valence-electron chi connectivity index (χ1n) is 3.88. The smallest absolute Gasteiger partial charge is 0.254 e. The molecule has 72 valence electrons. The van der Waals surface area contributed by atoms with E-state index in [0.29, 0.717) is 12.2 Å². The van der Waals surface area contributed by atoms with Crippen molar-refractivity contribution in [2.24, 2.45) is 0 Å². The van der Waals surface area contributed by atoms with Crippen LogP contribution in [0.15, 0.2) is 5.38 Å². The first-order valence-corrected chi connectivity index (χ1v) is 4.72. The highest BCUT2D eigenvalue weighted by Gasteiger charge is 2.15. The second-order valence-corrected chi connectivity index (χ2v) is 3.02. The second-order valence-electron chi connectivity index (χ2n) is 2.41. The summed E-state index contributed by atoms with van der Waals surface area (Å²) in [4.78, 5) is 11.4. The molecule has 6 heteroatoms. The highest BCUT2D eigenvalue weighted by atomic mass is 32.1. The monoisotopic (exact) mass is 201 g/mol. The molecule has 13 heavy (non-hydrogen) atoms. The molecule has 1 amide bonds. The average molecular weight is 201 g/mol. The van der Waals surface area contributed by atoms with Crippen molar-refractivity contribution in [2.45, 2.75) is 19.4 Å². The van der Waals surface area contributed by atoms with Crippen LogP contribution in [-0.4, -0.2) is 28.7 Å². The molecule has 0 aliphatic rings. The summed E-state index contributed by atoms with van der Waals surface area (Å²) in [6.07, 6.45) is 0.224. The molecule has 0 aromatic carbocycles. The third-order valence-corrected chi connectivity index (χ3v) is 2.06. The summed E-state index contributed by atoms with van der Waals surface area (Å²) < 4.78 is 8.58. The molecule has 1 N–H and O–H groups in total. The van der Waals surface area contributed by atoms with Gasteiger partial charge in [0.2, 0.25) is 0 Å². The molecule has 1 unspecified atom stereocenters. The minimum absolute atomic E-state index is 0.183. The topological polar surface area (TPSA) is 64.1 Å². The van der Waals surface area contributed by atoms with Gasteiger partial charge < -0.3 is 10.1 Å². The van der Waals surface area contributed by atoms with Gasteiger partial charge in [0.25, 0.3) is 5.91 Å². The lowest BCUT2D eigenvalue weighted by atomic mass is 10.2. The van der Waals surface area contributed by atoms with E-state index in [1.807, 2.05) is 6.92 Å². The molecule has 1 heterocycles. The Kier molecular flexibility index (Phi) is 3.78. The van der Waals surface area contributed by atoms with Gasteiger partial charge in [0.1, 0.15) is 6.10 Å². The molecule has 1 aromatic rings. The van der Waals surface area contributed by atoms with Crippen LogP contribution in [0.2, 0.25) is 0 Å². The zero-order chi connectivity index (χ0) is 9.68. The molecule has 0 spiro atoms. The molecule has 0 radical (unpaired) electrons. The van der Waals surface area contributed by atoms with Crippen molar-refractivity contribution in [1.29, 1.82) is 0 Å². The maximum atomic E-state index is 11.4. The first kappa shape index (κ1) is 10.1. The van der Waals surface area contributed by atoms with Crippen LogP contribution in [0.3, 0.4) is 0 Å². The molecule has 1 rings (SSSR count). The van der Waals surface area contributed by atoms with Crippen LogP contribution in [0.1, 0.15) is 13.3 Å². The predicted molar refractivity (Wildman–Crippen MR) is 49.6 cm³/mol. The van der Waals surface area contributed by atoms with Crippen molar-refractivity contribution in [3.8, 4) is 0 Å². The quantitative estimate of drug-likeness (QED) is 0.786. The molecule has 0 aliphatic heterocycles. The Morgan fingerprint density at radius 3 is 3.08 bits per heavy atom. The van der Waals surface area contributed by atoms with Gasteiger partial charge in [0, 0.05) is 7.11 Å². The third kappa shape index (κ3) is 2.74. The molecular weight excluding hydrogens is 190 g/mol. The van der Waals surface area contributed by atoms with Crippen molar-refractivity contribution >= 4 is 23.3 Å². The third-order valence-electron chi connectivity index (χ3n) is 1.56. The van der Waals surface area contributed by atoms with Crippen LogP contribution >= 0.6 is 11.5 Å². The van der Waals surface area contributed by atoms with E-state index in [-0.39, 0.29) is 5.91 Å². The molecule has 1 atom stereocenters. The summed E-state index contributed by atoms with van der Waals surface area (Å²) in [6.45, 7) is 1.88. The van der Waals surface area contributed by atoms with Gasteiger partial charge in [-0.15, -0.1) is 5.10 Å². The van der Waals surface area contributed by atoms with Crippen LogP contribution < -0.4 is 5.32 Å². The number of hydrogen-bond acceptors (Lipinski definition) is 5. The fourth-order valence-electron chi connectivity index (χ4n) is 0.885. The van der Waals surface area contributed by atoms with E-state index in [9.17, 15) is 4.79 Å². The zero-order valence-electron chi connectivity index (χ0n) is 7.48. The van der Waals surface area contributed by atoms with Crippen molar-refractivity contribution in [3.05, 3.63) is 5.38 Å². The number of anilines is 1. The molecule has 0 saturated carbocycles. The Labute approximate surface area is 80.3 Å². The SMILES string of the molecule is CCC(OC)C(=O)Nc1csnn1. The van der Waals surface area contributed by atoms with Crippen molar-refractivity contribution in [1.82, 2.24) is 9.59 Å². The van der Waals surface area contributed by atoms with Gasteiger partial charge in [-0.05, 0) is 18.0 Å². The van der Waals surface area contributed by atoms with Gasteiger partial charge in [-0.3, -0.25) is 4.79 Å². The van der Waals surface area contributed by atoms with Crippen molar-refractivity contribution in [3.63, 3.8) is 0 Å². The van der Waals surface area contributed by atoms with E-state index in [1.54, 1.807) is 5.38 Å². The molecule has 0 fully saturated rings. The summed E-state index contributed by atoms with van der Waals surface area (Å²) in [7, 11) is 1.51. The lowest BCUT2D eigenvalue weighted by molar-refractivity contribution is -0.125. The Balaban J connectivity index is 2.49. The van der Waals surface area contributed by atoms with Crippen LogP contribution in [0, 0.1) is 0 Å². The Bertz CT molecular complexity index is 259. The highest BCUT2D eigenvalue weighted by molar-refractivity contribution is 7.03. The van der Waals surface area contributed by atoms with E-state index in [4.69, 9.17) is 4.74 Å². The molecule has 1 aromatic heterocycles. The van der Waals surface area contributed by atoms with Gasteiger partial charge in [0.15, 0.2) is 5.82 Å². The Morgan fingerprint density at radius 2 is 2.62 bits per heavy atom. The van der Waals surface area contributed by atoms with E-state index in [2.05, 4.69) is 14.9 Å². The minimum Gasteiger partial charge on any atom is -0.372 e. The van der Waals surface area contributed by atoms with Crippen molar-refractivity contribution in [2.75, 3.05) is 12.4 Å². The van der Waals surface area contributed by atoms with E-state index in [0.717, 1.165) is 0 Å². The minimum atomic E-state index is -0.415. The lowest BCUT2D eigenvalue weighted by Gasteiger charge is -2.10. The molecule has 0 saturated heterocycles. The number of amides is 1. The lowest BCUT2D eigenvalue weighted by Crippen LogP contribution is -2.28. The number of carbonyl (C=O) groups excluding carboxylic acids is 1. The second kappa shape index (κ2) is 4.88. The molecule has 0 bridgehead atoms. The number of carbonyl (C=O) groups is 1. The maximum absolute atomic E-state index is 11.4. The standard InChI is InChI=1S/C7H11N3O2S/c1-3-5(12-2)7(11)8-6-4-13-10-9-6/h4-5H,3H2,1-2H3,(H,8,11).